The van der Waals surface area contributed by atoms with Crippen molar-refractivity contribution < 1.29 is 20.4 Å². The first kappa shape index (κ1) is 15.9. The molecule has 1 saturated carbocycles. The number of rotatable bonds is 3. The van der Waals surface area contributed by atoms with Gasteiger partial charge < -0.3 is 20.4 Å². The van der Waals surface area contributed by atoms with Crippen LogP contribution < -0.4 is 0 Å². The molecule has 1 aliphatic heterocycles. The van der Waals surface area contributed by atoms with Crippen LogP contribution in [-0.2, 0) is 0 Å². The van der Waals surface area contributed by atoms with Crippen molar-refractivity contribution in [2.24, 2.45) is 11.8 Å². The molecule has 0 aromatic carbocycles. The summed E-state index contributed by atoms with van der Waals surface area (Å²) in [6.07, 6.45) is 2.98. The summed E-state index contributed by atoms with van der Waals surface area (Å²) in [7, 11) is 0. The molecule has 0 radical (unpaired) electrons. The van der Waals surface area contributed by atoms with Gasteiger partial charge in [0.1, 0.15) is 0 Å². The highest BCUT2D eigenvalue weighted by molar-refractivity contribution is 4.91. The highest BCUT2D eigenvalue weighted by Gasteiger charge is 2.49. The fourth-order valence-corrected chi connectivity index (χ4v) is 2.13. The molecule has 2 rings (SSSR count). The standard InChI is InChI=1S/C9H17NO2.C4H10O2/c1-7-3-2-6-10(7)9(11,12)8-4-5-8;1-3(2)4(5)6/h7-8,11-12H,2-6H2,1H3;3-6H,1-2H3. The Balaban J connectivity index is 0.000000232. The second-order valence-electron chi connectivity index (χ2n) is 5.80. The number of likely N-dealkylation sites (tertiary alicyclic amines) is 1. The maximum atomic E-state index is 9.81. The van der Waals surface area contributed by atoms with Crippen LogP contribution in [0.15, 0.2) is 0 Å². The highest BCUT2D eigenvalue weighted by Crippen LogP contribution is 2.42. The second-order valence-corrected chi connectivity index (χ2v) is 5.80. The van der Waals surface area contributed by atoms with E-state index < -0.39 is 12.2 Å². The average molecular weight is 261 g/mol. The number of nitrogens with zero attached hydrogens (tertiary/aromatic N) is 1. The third kappa shape index (κ3) is 4.17. The van der Waals surface area contributed by atoms with E-state index in [0.717, 1.165) is 32.2 Å². The summed E-state index contributed by atoms with van der Waals surface area (Å²) in [5.74, 6) is -1.43. The van der Waals surface area contributed by atoms with Crippen molar-refractivity contribution in [2.45, 2.75) is 64.7 Å². The molecule has 4 N–H and O–H groups in total. The van der Waals surface area contributed by atoms with E-state index in [-0.39, 0.29) is 11.8 Å². The highest BCUT2D eigenvalue weighted by atomic mass is 16.5. The zero-order valence-corrected chi connectivity index (χ0v) is 11.6. The van der Waals surface area contributed by atoms with E-state index >= 15 is 0 Å². The molecule has 5 heteroatoms. The molecule has 0 aromatic rings. The van der Waals surface area contributed by atoms with Crippen molar-refractivity contribution >= 4 is 0 Å². The summed E-state index contributed by atoms with van der Waals surface area (Å²) in [4.78, 5) is 1.84. The molecule has 18 heavy (non-hydrogen) atoms. The number of hydrogen-bond acceptors (Lipinski definition) is 5. The van der Waals surface area contributed by atoms with Gasteiger partial charge >= 0.3 is 0 Å². The van der Waals surface area contributed by atoms with Crippen molar-refractivity contribution in [1.82, 2.24) is 4.90 Å². The summed E-state index contributed by atoms with van der Waals surface area (Å²) in [6, 6.07) is 0.334. The van der Waals surface area contributed by atoms with Gasteiger partial charge in [-0.15, -0.1) is 0 Å². The van der Waals surface area contributed by atoms with Crippen molar-refractivity contribution in [1.29, 1.82) is 0 Å². The van der Waals surface area contributed by atoms with Gasteiger partial charge in [-0.3, -0.25) is 0 Å². The topological polar surface area (TPSA) is 84.2 Å². The van der Waals surface area contributed by atoms with Crippen LogP contribution in [0.3, 0.4) is 0 Å². The molecule has 0 bridgehead atoms. The molecule has 1 atom stereocenters. The van der Waals surface area contributed by atoms with Crippen LogP contribution in [0.2, 0.25) is 0 Å². The minimum atomic E-state index is -1.50. The minimum Gasteiger partial charge on any atom is -0.368 e. The fraction of sp³-hybridized carbons (Fsp3) is 1.00. The molecular weight excluding hydrogens is 234 g/mol. The smallest absolute Gasteiger partial charge is 0.228 e. The Kier molecular flexibility index (Phi) is 5.55. The number of aliphatic hydroxyl groups excluding tert-OH is 1. The van der Waals surface area contributed by atoms with Gasteiger partial charge in [0.15, 0.2) is 6.29 Å². The Morgan fingerprint density at radius 2 is 1.61 bits per heavy atom. The lowest BCUT2D eigenvalue weighted by molar-refractivity contribution is -0.280. The predicted octanol–water partition coefficient (Wildman–Crippen LogP) is 0.472. The van der Waals surface area contributed by atoms with E-state index in [1.165, 1.54) is 0 Å². The zero-order valence-electron chi connectivity index (χ0n) is 11.6. The average Bonchev–Trinajstić information content (AvgIpc) is 3.03. The molecular formula is C13H27NO4. The summed E-state index contributed by atoms with van der Waals surface area (Å²) in [5.41, 5.74) is 0. The normalized spacial score (nSPS) is 25.5. The Hall–Kier alpha value is -0.200. The molecule has 2 fully saturated rings. The lowest BCUT2D eigenvalue weighted by Gasteiger charge is -2.35. The molecule has 2 aliphatic rings. The number of hydrogen-bond donors (Lipinski definition) is 4. The van der Waals surface area contributed by atoms with Gasteiger partial charge in [0.25, 0.3) is 0 Å². The van der Waals surface area contributed by atoms with E-state index in [1.807, 2.05) is 4.90 Å². The minimum absolute atomic E-state index is 0.0370. The molecule has 1 unspecified atom stereocenters. The quantitative estimate of drug-likeness (QED) is 0.555. The third-order valence-corrected chi connectivity index (χ3v) is 3.70. The van der Waals surface area contributed by atoms with Crippen LogP contribution in [0.1, 0.15) is 46.5 Å². The van der Waals surface area contributed by atoms with Crippen LogP contribution in [-0.4, -0.2) is 50.1 Å². The molecule has 108 valence electrons. The molecule has 0 aromatic heterocycles. The maximum Gasteiger partial charge on any atom is 0.228 e. The first-order valence-electron chi connectivity index (χ1n) is 6.84. The first-order valence-corrected chi connectivity index (χ1v) is 6.84. The Morgan fingerprint density at radius 1 is 1.11 bits per heavy atom. The maximum absolute atomic E-state index is 9.81. The Bertz CT molecular complexity index is 245. The Morgan fingerprint density at radius 3 is 1.89 bits per heavy atom. The fourth-order valence-electron chi connectivity index (χ4n) is 2.13. The van der Waals surface area contributed by atoms with Crippen LogP contribution in [0.4, 0.5) is 0 Å². The van der Waals surface area contributed by atoms with Crippen molar-refractivity contribution in [3.05, 3.63) is 0 Å². The summed E-state index contributed by atoms with van der Waals surface area (Å²) >= 11 is 0. The molecule has 5 nitrogen and oxygen atoms in total. The van der Waals surface area contributed by atoms with Gasteiger partial charge in [0.05, 0.1) is 0 Å². The molecule has 1 heterocycles. The van der Waals surface area contributed by atoms with E-state index in [4.69, 9.17) is 10.2 Å². The van der Waals surface area contributed by atoms with E-state index in [1.54, 1.807) is 13.8 Å². The molecule has 0 amide bonds. The van der Waals surface area contributed by atoms with Crippen molar-refractivity contribution in [2.75, 3.05) is 6.54 Å². The van der Waals surface area contributed by atoms with Gasteiger partial charge in [0.2, 0.25) is 5.91 Å². The zero-order chi connectivity index (χ0) is 13.9. The summed E-state index contributed by atoms with van der Waals surface area (Å²) in [5, 5.41) is 36.0. The van der Waals surface area contributed by atoms with Crippen LogP contribution in [0.5, 0.6) is 0 Å². The lowest BCUT2D eigenvalue weighted by atomic mass is 10.2. The van der Waals surface area contributed by atoms with Gasteiger partial charge in [-0.25, -0.2) is 4.90 Å². The van der Waals surface area contributed by atoms with Gasteiger partial charge in [-0.05, 0) is 32.6 Å². The molecule has 0 spiro atoms. The predicted molar refractivity (Wildman–Crippen MR) is 68.4 cm³/mol. The van der Waals surface area contributed by atoms with E-state index in [2.05, 4.69) is 6.92 Å². The van der Waals surface area contributed by atoms with Crippen molar-refractivity contribution in [3.8, 4) is 0 Å². The van der Waals surface area contributed by atoms with Gasteiger partial charge in [-0.2, -0.15) is 0 Å². The molecule has 1 aliphatic carbocycles. The largest absolute Gasteiger partial charge is 0.368 e. The van der Waals surface area contributed by atoms with E-state index in [9.17, 15) is 10.2 Å². The van der Waals surface area contributed by atoms with Crippen LogP contribution in [0.25, 0.3) is 0 Å². The Labute approximate surface area is 109 Å². The second kappa shape index (κ2) is 6.30. The SMILES string of the molecule is CC(C)C(O)O.CC1CCCN1C(O)(O)C1CC1. The monoisotopic (exact) mass is 261 g/mol. The number of aliphatic hydroxyl groups is 4. The van der Waals surface area contributed by atoms with Crippen LogP contribution >= 0.6 is 0 Å². The molecule has 1 saturated heterocycles. The van der Waals surface area contributed by atoms with Crippen molar-refractivity contribution in [3.63, 3.8) is 0 Å². The van der Waals surface area contributed by atoms with Gasteiger partial charge in [-0.1, -0.05) is 13.8 Å². The summed E-state index contributed by atoms with van der Waals surface area (Å²) in [6.45, 7) is 6.39. The first-order chi connectivity index (χ1) is 8.26. The van der Waals surface area contributed by atoms with E-state index in [0.29, 0.717) is 6.04 Å². The lowest BCUT2D eigenvalue weighted by Crippen LogP contribution is -2.52. The third-order valence-electron chi connectivity index (χ3n) is 3.70. The summed E-state index contributed by atoms with van der Waals surface area (Å²) < 4.78 is 0. The van der Waals surface area contributed by atoms with Gasteiger partial charge in [0, 0.05) is 24.4 Å². The van der Waals surface area contributed by atoms with Crippen LogP contribution in [0, 0.1) is 11.8 Å².